The normalized spacial score (nSPS) is 15.5. The third-order valence-electron chi connectivity index (χ3n) is 4.81. The van der Waals surface area contributed by atoms with E-state index in [-0.39, 0.29) is 5.91 Å². The molecule has 0 atom stereocenters. The van der Waals surface area contributed by atoms with Crippen LogP contribution < -0.4 is 10.1 Å². The first-order chi connectivity index (χ1) is 11.7. The van der Waals surface area contributed by atoms with E-state index in [9.17, 15) is 10.1 Å². The van der Waals surface area contributed by atoms with Crippen molar-refractivity contribution < 1.29 is 9.53 Å². The van der Waals surface area contributed by atoms with Crippen LogP contribution in [0.4, 0.5) is 5.69 Å². The molecule has 0 saturated heterocycles. The average Bonchev–Trinajstić information content (AvgIpc) is 3.14. The van der Waals surface area contributed by atoms with E-state index in [0.29, 0.717) is 17.0 Å². The first kappa shape index (κ1) is 16.1. The minimum Gasteiger partial charge on any atom is -0.497 e. The molecule has 1 N–H and O–H groups in total. The monoisotopic (exact) mass is 320 g/mol. The third kappa shape index (κ3) is 2.85. The molecule has 24 heavy (non-hydrogen) atoms. The third-order valence-corrected chi connectivity index (χ3v) is 4.81. The SMILES string of the molecule is COc1ccc(NC(=O)C2(c3ccccc3)CCCC2)c(C#N)c1. The Bertz CT molecular complexity index is 772. The highest BCUT2D eigenvalue weighted by Gasteiger charge is 2.42. The quantitative estimate of drug-likeness (QED) is 0.925. The second-order valence-corrected chi connectivity index (χ2v) is 6.13. The summed E-state index contributed by atoms with van der Waals surface area (Å²) in [5.74, 6) is 0.566. The second-order valence-electron chi connectivity index (χ2n) is 6.13. The molecule has 4 nitrogen and oxygen atoms in total. The Kier molecular flexibility index (Phi) is 4.52. The zero-order valence-corrected chi connectivity index (χ0v) is 13.7. The lowest BCUT2D eigenvalue weighted by atomic mass is 9.78. The number of hydrogen-bond donors (Lipinski definition) is 1. The maximum atomic E-state index is 13.1. The smallest absolute Gasteiger partial charge is 0.235 e. The molecule has 0 aliphatic heterocycles. The van der Waals surface area contributed by atoms with Gasteiger partial charge in [-0.3, -0.25) is 4.79 Å². The molecule has 1 amide bonds. The van der Waals surface area contributed by atoms with E-state index in [0.717, 1.165) is 31.2 Å². The van der Waals surface area contributed by atoms with Gasteiger partial charge in [-0.15, -0.1) is 0 Å². The molecule has 0 spiro atoms. The van der Waals surface area contributed by atoms with Crippen molar-refractivity contribution in [2.75, 3.05) is 12.4 Å². The van der Waals surface area contributed by atoms with Gasteiger partial charge in [0.25, 0.3) is 0 Å². The summed E-state index contributed by atoms with van der Waals surface area (Å²) in [4.78, 5) is 13.1. The molecule has 0 aromatic heterocycles. The van der Waals surface area contributed by atoms with Gasteiger partial charge in [0.15, 0.2) is 0 Å². The molecule has 0 unspecified atom stereocenters. The van der Waals surface area contributed by atoms with Crippen LogP contribution in [-0.2, 0) is 10.2 Å². The van der Waals surface area contributed by atoms with Crippen molar-refractivity contribution in [2.24, 2.45) is 0 Å². The molecule has 0 bridgehead atoms. The predicted octanol–water partition coefficient (Wildman–Crippen LogP) is 4.02. The summed E-state index contributed by atoms with van der Waals surface area (Å²) in [6.45, 7) is 0. The number of carbonyl (C=O) groups excluding carboxylic acids is 1. The standard InChI is InChI=1S/C20H20N2O2/c1-24-17-9-10-18(15(13-17)14-21)22-19(23)20(11-5-6-12-20)16-7-3-2-4-8-16/h2-4,7-10,13H,5-6,11-12H2,1H3,(H,22,23). The van der Waals surface area contributed by atoms with Gasteiger partial charge in [0.05, 0.1) is 23.8 Å². The van der Waals surface area contributed by atoms with Crippen molar-refractivity contribution in [3.05, 3.63) is 59.7 Å². The lowest BCUT2D eigenvalue weighted by molar-refractivity contribution is -0.121. The number of amides is 1. The van der Waals surface area contributed by atoms with Crippen molar-refractivity contribution in [1.82, 2.24) is 0 Å². The van der Waals surface area contributed by atoms with E-state index >= 15 is 0 Å². The van der Waals surface area contributed by atoms with Crippen LogP contribution in [0.3, 0.4) is 0 Å². The Morgan fingerprint density at radius 2 is 1.88 bits per heavy atom. The zero-order chi connectivity index (χ0) is 17.0. The van der Waals surface area contributed by atoms with Crippen LogP contribution in [0, 0.1) is 11.3 Å². The molecular formula is C20H20N2O2. The van der Waals surface area contributed by atoms with Crippen molar-refractivity contribution >= 4 is 11.6 Å². The van der Waals surface area contributed by atoms with Crippen LogP contribution in [0.5, 0.6) is 5.75 Å². The minimum atomic E-state index is -0.506. The summed E-state index contributed by atoms with van der Waals surface area (Å²) in [5, 5.41) is 12.3. The number of benzene rings is 2. The first-order valence-corrected chi connectivity index (χ1v) is 8.15. The van der Waals surface area contributed by atoms with Gasteiger partial charge >= 0.3 is 0 Å². The summed E-state index contributed by atoms with van der Waals surface area (Å²) in [6.07, 6.45) is 3.74. The molecule has 122 valence electrons. The van der Waals surface area contributed by atoms with Gasteiger partial charge in [-0.2, -0.15) is 5.26 Å². The summed E-state index contributed by atoms with van der Waals surface area (Å²) < 4.78 is 5.14. The van der Waals surface area contributed by atoms with Crippen molar-refractivity contribution in [3.8, 4) is 11.8 Å². The highest BCUT2D eigenvalue weighted by molar-refractivity contribution is 6.00. The summed E-state index contributed by atoms with van der Waals surface area (Å²) in [7, 11) is 1.55. The molecule has 2 aromatic rings. The van der Waals surface area contributed by atoms with Gasteiger partial charge in [0.1, 0.15) is 11.8 Å². The number of methoxy groups -OCH3 is 1. The number of anilines is 1. The van der Waals surface area contributed by atoms with Crippen LogP contribution >= 0.6 is 0 Å². The lowest BCUT2D eigenvalue weighted by Gasteiger charge is -2.28. The van der Waals surface area contributed by atoms with E-state index < -0.39 is 5.41 Å². The predicted molar refractivity (Wildman–Crippen MR) is 92.9 cm³/mol. The fourth-order valence-corrected chi connectivity index (χ4v) is 3.48. The Balaban J connectivity index is 1.92. The number of rotatable bonds is 4. The number of nitrogens with zero attached hydrogens (tertiary/aromatic N) is 1. The van der Waals surface area contributed by atoms with Crippen LogP contribution in [0.2, 0.25) is 0 Å². The van der Waals surface area contributed by atoms with Crippen LogP contribution in [0.25, 0.3) is 0 Å². The maximum Gasteiger partial charge on any atom is 0.235 e. The zero-order valence-electron chi connectivity index (χ0n) is 13.7. The molecule has 4 heteroatoms. The molecule has 0 radical (unpaired) electrons. The molecule has 2 aromatic carbocycles. The molecule has 1 saturated carbocycles. The highest BCUT2D eigenvalue weighted by Crippen LogP contribution is 2.42. The number of nitrogens with one attached hydrogen (secondary N) is 1. The van der Waals surface area contributed by atoms with Crippen LogP contribution in [-0.4, -0.2) is 13.0 Å². The summed E-state index contributed by atoms with van der Waals surface area (Å²) in [5.41, 5.74) is 1.48. The lowest BCUT2D eigenvalue weighted by Crippen LogP contribution is -2.38. The topological polar surface area (TPSA) is 62.1 Å². The van der Waals surface area contributed by atoms with Gasteiger partial charge in [0, 0.05) is 0 Å². The van der Waals surface area contributed by atoms with Gasteiger partial charge in [-0.05, 0) is 36.6 Å². The van der Waals surface area contributed by atoms with E-state index in [4.69, 9.17) is 4.74 Å². The number of nitriles is 1. The summed E-state index contributed by atoms with van der Waals surface area (Å²) in [6, 6.07) is 17.2. The average molecular weight is 320 g/mol. The van der Waals surface area contributed by atoms with E-state index in [1.807, 2.05) is 30.3 Å². The van der Waals surface area contributed by atoms with Crippen LogP contribution in [0.15, 0.2) is 48.5 Å². The molecule has 3 rings (SSSR count). The second kappa shape index (κ2) is 6.76. The minimum absolute atomic E-state index is 0.0344. The number of carbonyl (C=O) groups is 1. The van der Waals surface area contributed by atoms with Gasteiger partial charge in [0.2, 0.25) is 5.91 Å². The van der Waals surface area contributed by atoms with Crippen molar-refractivity contribution in [2.45, 2.75) is 31.1 Å². The molecule has 1 aliphatic rings. The van der Waals surface area contributed by atoms with E-state index in [1.165, 1.54) is 0 Å². The maximum absolute atomic E-state index is 13.1. The Labute approximate surface area is 142 Å². The fraction of sp³-hybridized carbons (Fsp3) is 0.300. The Hall–Kier alpha value is -2.80. The Morgan fingerprint density at radius 3 is 2.50 bits per heavy atom. The largest absolute Gasteiger partial charge is 0.497 e. The molecule has 1 aliphatic carbocycles. The fourth-order valence-electron chi connectivity index (χ4n) is 3.48. The first-order valence-electron chi connectivity index (χ1n) is 8.15. The Morgan fingerprint density at radius 1 is 1.17 bits per heavy atom. The van der Waals surface area contributed by atoms with Gasteiger partial charge < -0.3 is 10.1 Å². The molecular weight excluding hydrogens is 300 g/mol. The molecule has 1 fully saturated rings. The van der Waals surface area contributed by atoms with Gasteiger partial charge in [-0.25, -0.2) is 0 Å². The summed E-state index contributed by atoms with van der Waals surface area (Å²) >= 11 is 0. The van der Waals surface area contributed by atoms with Crippen molar-refractivity contribution in [3.63, 3.8) is 0 Å². The molecule has 0 heterocycles. The van der Waals surface area contributed by atoms with E-state index in [1.54, 1.807) is 25.3 Å². The highest BCUT2D eigenvalue weighted by atomic mass is 16.5. The number of hydrogen-bond acceptors (Lipinski definition) is 3. The van der Waals surface area contributed by atoms with E-state index in [2.05, 4.69) is 11.4 Å². The van der Waals surface area contributed by atoms with Crippen LogP contribution in [0.1, 0.15) is 36.8 Å². The van der Waals surface area contributed by atoms with Gasteiger partial charge in [-0.1, -0.05) is 43.2 Å². The van der Waals surface area contributed by atoms with Crippen molar-refractivity contribution in [1.29, 1.82) is 5.26 Å². The number of ether oxygens (including phenoxy) is 1.